The van der Waals surface area contributed by atoms with Crippen molar-refractivity contribution in [2.75, 3.05) is 0 Å². The molecule has 57 heavy (non-hydrogen) atoms. The Bertz CT molecular complexity index is 3130. The average molecular weight is 767 g/mol. The van der Waals surface area contributed by atoms with Crippen LogP contribution in [0, 0.1) is 49.4 Å². The van der Waals surface area contributed by atoms with Crippen LogP contribution in [0.25, 0.3) is 79.2 Å². The molecule has 2 aliphatic rings. The summed E-state index contributed by atoms with van der Waals surface area (Å²) < 4.78 is 0. The van der Waals surface area contributed by atoms with Gasteiger partial charge in [-0.3, -0.25) is 0 Å². The first-order valence-electron chi connectivity index (χ1n) is 18.0. The van der Waals surface area contributed by atoms with E-state index in [1.54, 1.807) is 0 Å². The van der Waals surface area contributed by atoms with Gasteiger partial charge in [-0.25, -0.2) is 9.97 Å². The second-order valence-corrected chi connectivity index (χ2v) is 13.5. The standard InChI is InChI=1S/C52H30N4.Fe/c1-5-33-9-17-37(18-10-33)46-31-45-30-43-26-25-41(53-43)29-42-27-28-44(54-42)32-47-48(38-19-11-34(6-2)12-20-38)49(39-21-13-35(7-3)14-22-39)52(56-47)50(51(46)55-45)40-23-15-36(8-4)16-24-40;/h1-4,9-32,53,56H;. The molecule has 0 saturated heterocycles. The molecule has 0 amide bonds. The number of aromatic amines is 2. The molecule has 0 radical (unpaired) electrons. The van der Waals surface area contributed by atoms with Crippen molar-refractivity contribution in [2.24, 2.45) is 0 Å². The summed E-state index contributed by atoms with van der Waals surface area (Å²) in [6.45, 7) is 0. The molecule has 3 aromatic heterocycles. The first kappa shape index (κ1) is 36.2. The predicted molar refractivity (Wildman–Crippen MR) is 231 cm³/mol. The van der Waals surface area contributed by atoms with E-state index < -0.39 is 0 Å². The number of hydrogen-bond donors (Lipinski definition) is 2. The number of hydrogen-bond acceptors (Lipinski definition) is 2. The van der Waals surface area contributed by atoms with E-state index in [2.05, 4.69) is 88.3 Å². The van der Waals surface area contributed by atoms with Crippen molar-refractivity contribution in [3.63, 3.8) is 0 Å². The first-order chi connectivity index (χ1) is 27.5. The van der Waals surface area contributed by atoms with Crippen molar-refractivity contribution in [1.82, 2.24) is 19.9 Å². The van der Waals surface area contributed by atoms with Gasteiger partial charge in [0.15, 0.2) is 0 Å². The van der Waals surface area contributed by atoms with Crippen LogP contribution < -0.4 is 0 Å². The van der Waals surface area contributed by atoms with Crippen LogP contribution in [-0.2, 0) is 17.1 Å². The van der Waals surface area contributed by atoms with Gasteiger partial charge < -0.3 is 9.97 Å². The molecule has 2 aliphatic heterocycles. The fourth-order valence-corrected chi connectivity index (χ4v) is 7.29. The van der Waals surface area contributed by atoms with E-state index >= 15 is 0 Å². The van der Waals surface area contributed by atoms with E-state index in [0.29, 0.717) is 0 Å². The molecule has 0 aliphatic carbocycles. The summed E-state index contributed by atoms with van der Waals surface area (Å²) in [5.74, 6) is 11.1. The van der Waals surface area contributed by atoms with E-state index in [4.69, 9.17) is 35.7 Å². The summed E-state index contributed by atoms with van der Waals surface area (Å²) in [5.41, 5.74) is 17.5. The van der Waals surface area contributed by atoms with E-state index in [9.17, 15) is 0 Å². The maximum atomic E-state index is 5.87. The maximum absolute atomic E-state index is 5.87. The molecular weight excluding hydrogens is 736 g/mol. The van der Waals surface area contributed by atoms with Crippen molar-refractivity contribution in [3.05, 3.63) is 178 Å². The molecule has 8 bridgehead atoms. The second-order valence-electron chi connectivity index (χ2n) is 13.5. The van der Waals surface area contributed by atoms with E-state index in [1.807, 2.05) is 91.0 Å². The molecule has 0 saturated carbocycles. The minimum absolute atomic E-state index is 0. The van der Waals surface area contributed by atoms with Crippen LogP contribution >= 0.6 is 0 Å². The van der Waals surface area contributed by atoms with Gasteiger partial charge in [0.05, 0.1) is 28.3 Å². The SMILES string of the molecule is C#Cc1ccc(C2=Cc3cc4ccc(cc5nc(cc6[nH]c(c(-c7ccc(C#C)cc7)c2n3)c(-c2ccc(C#C)cc2)c6-c2ccc(C#C)cc2)C=C5)[nH]4)cc1.[Fe]. The minimum atomic E-state index is 0. The molecule has 266 valence electrons. The third-order valence-corrected chi connectivity index (χ3v) is 10.0. The zero-order chi connectivity index (χ0) is 38.2. The summed E-state index contributed by atoms with van der Waals surface area (Å²) in [5, 5.41) is 0. The fraction of sp³-hybridized carbons (Fsp3) is 0. The average Bonchev–Trinajstić information content (AvgIpc) is 4.06. The molecule has 4 nitrogen and oxygen atoms in total. The number of H-pyrrole nitrogens is 2. The summed E-state index contributed by atoms with van der Waals surface area (Å²) in [6, 6.07) is 42.4. The van der Waals surface area contributed by atoms with E-state index in [1.165, 1.54) is 0 Å². The van der Waals surface area contributed by atoms with Crippen molar-refractivity contribution >= 4 is 45.9 Å². The quantitative estimate of drug-likeness (QED) is 0.138. The van der Waals surface area contributed by atoms with Gasteiger partial charge >= 0.3 is 0 Å². The smallest absolute Gasteiger partial charge is 0.0815 e. The fourth-order valence-electron chi connectivity index (χ4n) is 7.29. The molecule has 7 aromatic rings. The Kier molecular flexibility index (Phi) is 9.64. The van der Waals surface area contributed by atoms with E-state index in [-0.39, 0.29) is 17.1 Å². The van der Waals surface area contributed by atoms with Gasteiger partial charge in [0.25, 0.3) is 0 Å². The van der Waals surface area contributed by atoms with Crippen LogP contribution in [0.4, 0.5) is 0 Å². The third-order valence-electron chi connectivity index (χ3n) is 10.0. The topological polar surface area (TPSA) is 57.4 Å². The maximum Gasteiger partial charge on any atom is 0.0815 e. The number of terminal acetylenes is 4. The molecule has 0 fully saturated rings. The van der Waals surface area contributed by atoms with Crippen LogP contribution in [-0.4, -0.2) is 19.9 Å². The molecule has 0 unspecified atom stereocenters. The number of nitrogens with zero attached hydrogens (tertiary/aromatic N) is 2. The van der Waals surface area contributed by atoms with Gasteiger partial charge in [0, 0.05) is 78.1 Å². The molecular formula is C52H30FeN4. The Labute approximate surface area is 342 Å². The monoisotopic (exact) mass is 766 g/mol. The number of nitrogens with one attached hydrogen (secondary N) is 2. The molecule has 0 atom stereocenters. The number of rotatable bonds is 4. The second kappa shape index (κ2) is 15.2. The first-order valence-corrected chi connectivity index (χ1v) is 18.0. The Balaban J connectivity index is 0.00000455. The largest absolute Gasteiger partial charge is 0.355 e. The molecule has 5 heteroatoms. The van der Waals surface area contributed by atoms with Gasteiger partial charge in [0.1, 0.15) is 0 Å². The summed E-state index contributed by atoms with van der Waals surface area (Å²) in [7, 11) is 0. The zero-order valence-electron chi connectivity index (χ0n) is 30.4. The summed E-state index contributed by atoms with van der Waals surface area (Å²) >= 11 is 0. The van der Waals surface area contributed by atoms with Crippen molar-refractivity contribution < 1.29 is 17.1 Å². The van der Waals surface area contributed by atoms with Crippen LogP contribution in [0.2, 0.25) is 0 Å². The summed E-state index contributed by atoms with van der Waals surface area (Å²) in [4.78, 5) is 17.9. The summed E-state index contributed by atoms with van der Waals surface area (Å²) in [6.07, 6.45) is 29.5. The van der Waals surface area contributed by atoms with Crippen molar-refractivity contribution in [2.45, 2.75) is 0 Å². The predicted octanol–water partition coefficient (Wildman–Crippen LogP) is 11.0. The van der Waals surface area contributed by atoms with Crippen molar-refractivity contribution in [3.8, 4) is 82.8 Å². The Hall–Kier alpha value is -7.76. The Morgan fingerprint density at radius 2 is 0.860 bits per heavy atom. The van der Waals surface area contributed by atoms with Crippen LogP contribution in [0.1, 0.15) is 50.6 Å². The van der Waals surface area contributed by atoms with Crippen molar-refractivity contribution in [1.29, 1.82) is 0 Å². The zero-order valence-corrected chi connectivity index (χ0v) is 31.5. The number of aromatic nitrogens is 4. The minimum Gasteiger partial charge on any atom is -0.355 e. The van der Waals surface area contributed by atoms with Gasteiger partial charge in [-0.2, -0.15) is 0 Å². The molecule has 5 heterocycles. The molecule has 0 spiro atoms. The van der Waals surface area contributed by atoms with Crippen LogP contribution in [0.15, 0.2) is 127 Å². The Morgan fingerprint density at radius 1 is 0.421 bits per heavy atom. The molecule has 9 rings (SSSR count). The molecule has 4 aromatic carbocycles. The van der Waals surface area contributed by atoms with Gasteiger partial charge in [-0.15, -0.1) is 25.7 Å². The van der Waals surface area contributed by atoms with Crippen LogP contribution in [0.5, 0.6) is 0 Å². The third kappa shape index (κ3) is 6.90. The van der Waals surface area contributed by atoms with Crippen LogP contribution in [0.3, 0.4) is 0 Å². The molecule has 2 N–H and O–H groups in total. The number of benzene rings is 4. The number of fused-ring (bicyclic) bond motifs is 8. The van der Waals surface area contributed by atoms with Gasteiger partial charge in [-0.05, 0) is 119 Å². The van der Waals surface area contributed by atoms with Gasteiger partial charge in [-0.1, -0.05) is 72.2 Å². The van der Waals surface area contributed by atoms with Gasteiger partial charge in [0.2, 0.25) is 0 Å². The normalized spacial score (nSPS) is 11.3. The van der Waals surface area contributed by atoms with E-state index in [0.717, 1.165) is 112 Å². The Morgan fingerprint density at radius 3 is 1.37 bits per heavy atom.